The Kier molecular flexibility index (Phi) is 6.15. The molecule has 0 spiro atoms. The van der Waals surface area contributed by atoms with Gasteiger partial charge in [-0.2, -0.15) is 0 Å². The lowest BCUT2D eigenvalue weighted by molar-refractivity contribution is -0.00535. The van der Waals surface area contributed by atoms with Crippen molar-refractivity contribution in [3.8, 4) is 0 Å². The van der Waals surface area contributed by atoms with Crippen molar-refractivity contribution in [2.45, 2.75) is 45.1 Å². The van der Waals surface area contributed by atoms with Gasteiger partial charge in [-0.1, -0.05) is 25.4 Å². The lowest BCUT2D eigenvalue weighted by atomic mass is 10.1. The van der Waals surface area contributed by atoms with Crippen molar-refractivity contribution in [2.75, 3.05) is 18.9 Å². The van der Waals surface area contributed by atoms with Gasteiger partial charge in [-0.25, -0.2) is 13.9 Å². The number of aliphatic hydroxyl groups excluding tert-OH is 1. The van der Waals surface area contributed by atoms with Gasteiger partial charge >= 0.3 is 0 Å². The monoisotopic (exact) mass is 344 g/mol. The average molecular weight is 345 g/mol. The van der Waals surface area contributed by atoms with Gasteiger partial charge in [0.2, 0.25) is 5.95 Å². The molecule has 0 amide bonds. The summed E-state index contributed by atoms with van der Waals surface area (Å²) in [4.78, 5) is 3.75. The molecule has 0 aliphatic carbocycles. The summed E-state index contributed by atoms with van der Waals surface area (Å²) in [6.45, 7) is 5.34. The second-order valence-electron chi connectivity index (χ2n) is 5.61. The van der Waals surface area contributed by atoms with Gasteiger partial charge < -0.3 is 15.6 Å². The van der Waals surface area contributed by atoms with Crippen LogP contribution in [0, 0.1) is 5.82 Å². The fourth-order valence-corrected chi connectivity index (χ4v) is 2.72. The number of halogens is 2. The number of hydrogen-bond acceptors (Lipinski definition) is 5. The highest BCUT2D eigenvalue weighted by Crippen LogP contribution is 2.32. The number of anilines is 1. The SMILES string of the molecule is CCC(C)c1c(Cl)c(F)c2cnc(N)nn12.OC1CCCOC1. The van der Waals surface area contributed by atoms with Gasteiger partial charge in [0.05, 0.1) is 24.6 Å². The van der Waals surface area contributed by atoms with E-state index < -0.39 is 5.82 Å². The molecule has 1 aliphatic rings. The van der Waals surface area contributed by atoms with E-state index in [-0.39, 0.29) is 28.5 Å². The molecule has 8 heteroatoms. The average Bonchev–Trinajstić information content (AvgIpc) is 2.79. The molecule has 3 N–H and O–H groups in total. The Morgan fingerprint density at radius 3 is 2.87 bits per heavy atom. The quantitative estimate of drug-likeness (QED) is 0.874. The number of fused-ring (bicyclic) bond motifs is 1. The smallest absolute Gasteiger partial charge is 0.238 e. The van der Waals surface area contributed by atoms with Gasteiger partial charge in [0.15, 0.2) is 5.82 Å². The van der Waals surface area contributed by atoms with Crippen LogP contribution < -0.4 is 5.73 Å². The molecule has 0 saturated carbocycles. The minimum Gasteiger partial charge on any atom is -0.391 e. The minimum absolute atomic E-state index is 0.101. The third kappa shape index (κ3) is 4.10. The van der Waals surface area contributed by atoms with Crippen LogP contribution in [0.3, 0.4) is 0 Å². The van der Waals surface area contributed by atoms with Gasteiger partial charge in [-0.15, -0.1) is 5.10 Å². The Hall–Kier alpha value is -1.44. The summed E-state index contributed by atoms with van der Waals surface area (Å²) in [6.07, 6.45) is 3.93. The zero-order valence-corrected chi connectivity index (χ0v) is 14.1. The lowest BCUT2D eigenvalue weighted by Crippen LogP contribution is -2.21. The van der Waals surface area contributed by atoms with E-state index in [9.17, 15) is 4.39 Å². The van der Waals surface area contributed by atoms with Gasteiger partial charge in [0.1, 0.15) is 10.5 Å². The molecule has 2 aromatic heterocycles. The highest BCUT2D eigenvalue weighted by Gasteiger charge is 2.21. The summed E-state index contributed by atoms with van der Waals surface area (Å²) in [7, 11) is 0. The predicted molar refractivity (Wildman–Crippen MR) is 87.1 cm³/mol. The van der Waals surface area contributed by atoms with Crippen molar-refractivity contribution in [2.24, 2.45) is 0 Å². The second-order valence-corrected chi connectivity index (χ2v) is 5.98. The van der Waals surface area contributed by atoms with Crippen LogP contribution in [0.15, 0.2) is 6.20 Å². The van der Waals surface area contributed by atoms with Crippen LogP contribution in [0.25, 0.3) is 5.52 Å². The van der Waals surface area contributed by atoms with Gasteiger partial charge in [-0.05, 0) is 25.2 Å². The molecule has 0 radical (unpaired) electrons. The van der Waals surface area contributed by atoms with E-state index in [4.69, 9.17) is 27.2 Å². The zero-order valence-electron chi connectivity index (χ0n) is 13.3. The third-order valence-electron chi connectivity index (χ3n) is 3.84. The Morgan fingerprint density at radius 1 is 1.61 bits per heavy atom. The van der Waals surface area contributed by atoms with Crippen LogP contribution in [0.1, 0.15) is 44.7 Å². The van der Waals surface area contributed by atoms with Crippen LogP contribution >= 0.6 is 11.6 Å². The number of aliphatic hydroxyl groups is 1. The lowest BCUT2D eigenvalue weighted by Gasteiger charge is -2.15. The molecule has 0 aromatic carbocycles. The molecule has 2 aromatic rings. The van der Waals surface area contributed by atoms with Crippen molar-refractivity contribution >= 4 is 23.1 Å². The molecule has 1 saturated heterocycles. The summed E-state index contributed by atoms with van der Waals surface area (Å²) < 4.78 is 20.1. The van der Waals surface area contributed by atoms with E-state index in [0.29, 0.717) is 12.3 Å². The van der Waals surface area contributed by atoms with Crippen molar-refractivity contribution in [3.63, 3.8) is 0 Å². The molecular weight excluding hydrogens is 323 g/mol. The number of rotatable bonds is 2. The first-order chi connectivity index (χ1) is 11.0. The Balaban J connectivity index is 0.000000229. The molecule has 3 rings (SSSR count). The highest BCUT2D eigenvalue weighted by molar-refractivity contribution is 6.32. The molecular formula is C15H22ClFN4O2. The first-order valence-electron chi connectivity index (χ1n) is 7.69. The molecule has 1 aliphatic heterocycles. The summed E-state index contributed by atoms with van der Waals surface area (Å²) in [5.74, 6) is -0.278. The number of ether oxygens (including phenoxy) is 1. The van der Waals surface area contributed by atoms with Gasteiger partial charge in [-0.3, -0.25) is 0 Å². The van der Waals surface area contributed by atoms with Crippen LogP contribution in [0.5, 0.6) is 0 Å². The van der Waals surface area contributed by atoms with Crippen LogP contribution in [0.2, 0.25) is 5.02 Å². The highest BCUT2D eigenvalue weighted by atomic mass is 35.5. The van der Waals surface area contributed by atoms with Crippen molar-refractivity contribution in [3.05, 3.63) is 22.7 Å². The van der Waals surface area contributed by atoms with Crippen LogP contribution in [-0.4, -0.2) is 39.0 Å². The molecule has 2 unspecified atom stereocenters. The third-order valence-corrected chi connectivity index (χ3v) is 4.20. The van der Waals surface area contributed by atoms with E-state index >= 15 is 0 Å². The maximum Gasteiger partial charge on any atom is 0.238 e. The topological polar surface area (TPSA) is 85.7 Å². The molecule has 0 bridgehead atoms. The fraction of sp³-hybridized carbons (Fsp3) is 0.600. The maximum atomic E-state index is 13.8. The molecule has 2 atom stereocenters. The predicted octanol–water partition coefficient (Wildman–Crippen LogP) is 2.78. The van der Waals surface area contributed by atoms with Crippen molar-refractivity contribution < 1.29 is 14.2 Å². The van der Waals surface area contributed by atoms with E-state index in [1.165, 1.54) is 10.7 Å². The van der Waals surface area contributed by atoms with E-state index in [2.05, 4.69) is 10.1 Å². The standard InChI is InChI=1S/C10H12ClFN4.C5H10O2/c1-3-5(2)9-7(11)8(12)6-4-14-10(13)15-16(6)9;6-5-2-1-3-7-4-5/h4-5H,3H2,1-2H3,(H2,13,15);5-6H,1-4H2. The largest absolute Gasteiger partial charge is 0.391 e. The van der Waals surface area contributed by atoms with E-state index in [0.717, 1.165) is 25.9 Å². The fourth-order valence-electron chi connectivity index (χ4n) is 2.36. The molecule has 128 valence electrons. The first-order valence-corrected chi connectivity index (χ1v) is 8.07. The second kappa shape index (κ2) is 7.90. The first kappa shape index (κ1) is 17.9. The number of aromatic nitrogens is 3. The zero-order chi connectivity index (χ0) is 17.0. The van der Waals surface area contributed by atoms with Crippen molar-refractivity contribution in [1.29, 1.82) is 0 Å². The summed E-state index contributed by atoms with van der Waals surface area (Å²) >= 11 is 5.96. The van der Waals surface area contributed by atoms with Crippen molar-refractivity contribution in [1.82, 2.24) is 14.6 Å². The van der Waals surface area contributed by atoms with E-state index in [1.807, 2.05) is 13.8 Å². The Labute approximate surface area is 139 Å². The molecule has 1 fully saturated rings. The normalized spacial score (nSPS) is 19.3. The number of nitrogen functional groups attached to an aromatic ring is 1. The number of nitrogens with zero attached hydrogens (tertiary/aromatic N) is 3. The van der Waals surface area contributed by atoms with Gasteiger partial charge in [0, 0.05) is 6.61 Å². The Bertz CT molecular complexity index is 658. The summed E-state index contributed by atoms with van der Waals surface area (Å²) in [6, 6.07) is 0. The number of nitrogens with two attached hydrogens (primary N) is 1. The number of hydrogen-bond donors (Lipinski definition) is 2. The summed E-state index contributed by atoms with van der Waals surface area (Å²) in [5, 5.41) is 12.9. The van der Waals surface area contributed by atoms with Crippen LogP contribution in [0.4, 0.5) is 10.3 Å². The summed E-state index contributed by atoms with van der Waals surface area (Å²) in [5.41, 5.74) is 6.39. The van der Waals surface area contributed by atoms with Crippen LogP contribution in [-0.2, 0) is 4.74 Å². The molecule has 23 heavy (non-hydrogen) atoms. The molecule has 3 heterocycles. The minimum atomic E-state index is -0.489. The maximum absolute atomic E-state index is 13.8. The van der Waals surface area contributed by atoms with E-state index in [1.54, 1.807) is 0 Å². The van der Waals surface area contributed by atoms with Gasteiger partial charge in [0.25, 0.3) is 0 Å². The Morgan fingerprint density at radius 2 is 2.35 bits per heavy atom. The molecule has 6 nitrogen and oxygen atoms in total.